The van der Waals surface area contributed by atoms with E-state index in [1.54, 1.807) is 35.6 Å². The Morgan fingerprint density at radius 1 is 1.09 bits per heavy atom. The molecule has 32 heavy (non-hydrogen) atoms. The fraction of sp³-hybridized carbons (Fsp3) is 0.208. The third-order valence-corrected chi connectivity index (χ3v) is 6.78. The third-order valence-electron chi connectivity index (χ3n) is 5.35. The van der Waals surface area contributed by atoms with Gasteiger partial charge in [-0.25, -0.2) is 4.79 Å². The minimum atomic E-state index is -1.87. The molecule has 0 saturated carbocycles. The second kappa shape index (κ2) is 8.46. The number of fused-ring (bicyclic) bond motifs is 1. The molecule has 0 fully saturated rings. The van der Waals surface area contributed by atoms with Crippen LogP contribution in [0, 0.1) is 0 Å². The summed E-state index contributed by atoms with van der Waals surface area (Å²) >= 11 is 2.69. The van der Waals surface area contributed by atoms with E-state index >= 15 is 0 Å². The molecule has 3 heterocycles. The molecule has 1 atom stereocenters. The van der Waals surface area contributed by atoms with Crippen molar-refractivity contribution in [2.24, 2.45) is 0 Å². The highest BCUT2D eigenvalue weighted by molar-refractivity contribution is 7.09. The smallest absolute Gasteiger partial charge is 0.342 e. The van der Waals surface area contributed by atoms with Crippen molar-refractivity contribution in [1.29, 1.82) is 0 Å². The van der Waals surface area contributed by atoms with Gasteiger partial charge in [0, 0.05) is 22.4 Å². The van der Waals surface area contributed by atoms with Gasteiger partial charge in [-0.3, -0.25) is 0 Å². The van der Waals surface area contributed by atoms with E-state index in [9.17, 15) is 9.90 Å². The van der Waals surface area contributed by atoms with Gasteiger partial charge in [0.2, 0.25) is 0 Å². The first-order valence-corrected chi connectivity index (χ1v) is 11.9. The van der Waals surface area contributed by atoms with Crippen LogP contribution in [-0.4, -0.2) is 26.4 Å². The summed E-state index contributed by atoms with van der Waals surface area (Å²) < 4.78 is 19.8. The molecule has 1 aliphatic rings. The molecule has 0 radical (unpaired) electrons. The summed E-state index contributed by atoms with van der Waals surface area (Å²) in [6, 6.07) is 16.4. The number of benzene rings is 2. The number of hydrogen-bond acceptors (Lipinski definition) is 8. The third kappa shape index (κ3) is 3.70. The quantitative estimate of drug-likeness (QED) is 0.390. The lowest BCUT2D eigenvalue weighted by atomic mass is 9.89. The Bertz CT molecular complexity index is 1300. The van der Waals surface area contributed by atoms with Crippen molar-refractivity contribution < 1.29 is 19.4 Å². The fourth-order valence-corrected chi connectivity index (χ4v) is 5.03. The monoisotopic (exact) mass is 464 g/mol. The normalized spacial score (nSPS) is 18.4. The average molecular weight is 465 g/mol. The number of aromatic nitrogens is 2. The van der Waals surface area contributed by atoms with Gasteiger partial charge in [-0.2, -0.15) is 8.75 Å². The Hall–Kier alpha value is -3.07. The van der Waals surface area contributed by atoms with E-state index < -0.39 is 11.8 Å². The lowest BCUT2D eigenvalue weighted by Crippen LogP contribution is -2.29. The van der Waals surface area contributed by atoms with Crippen LogP contribution in [-0.2, 0) is 21.7 Å². The lowest BCUT2D eigenvalue weighted by Gasteiger charge is -2.25. The number of ether oxygens (including phenoxy) is 2. The first-order chi connectivity index (χ1) is 15.6. The molecular weight excluding hydrogens is 444 g/mol. The molecule has 2 aromatic carbocycles. The number of hydrogen-bond donors (Lipinski definition) is 1. The van der Waals surface area contributed by atoms with Gasteiger partial charge in [0.1, 0.15) is 16.8 Å². The van der Waals surface area contributed by atoms with Gasteiger partial charge in [-0.1, -0.05) is 19.1 Å². The molecule has 2 aromatic heterocycles. The molecule has 5 rings (SSSR count). The van der Waals surface area contributed by atoms with Crippen molar-refractivity contribution in [2.45, 2.75) is 25.6 Å². The van der Waals surface area contributed by atoms with Crippen LogP contribution in [0.25, 0.3) is 16.6 Å². The molecule has 162 valence electrons. The zero-order valence-corrected chi connectivity index (χ0v) is 18.9. The summed E-state index contributed by atoms with van der Waals surface area (Å²) in [7, 11) is 0. The maximum atomic E-state index is 13.1. The summed E-state index contributed by atoms with van der Waals surface area (Å²) in [4.78, 5) is 14.1. The molecule has 8 heteroatoms. The number of rotatable bonds is 7. The van der Waals surface area contributed by atoms with Gasteiger partial charge < -0.3 is 14.6 Å². The molecule has 0 aliphatic carbocycles. The van der Waals surface area contributed by atoms with Gasteiger partial charge >= 0.3 is 5.97 Å². The van der Waals surface area contributed by atoms with E-state index in [4.69, 9.17) is 9.47 Å². The highest BCUT2D eigenvalue weighted by Gasteiger charge is 2.48. The zero-order valence-electron chi connectivity index (χ0n) is 17.3. The zero-order chi connectivity index (χ0) is 22.1. The molecule has 6 nitrogen and oxygen atoms in total. The van der Waals surface area contributed by atoms with Crippen LogP contribution >= 0.6 is 23.1 Å². The van der Waals surface area contributed by atoms with Crippen LogP contribution in [0.1, 0.15) is 29.3 Å². The average Bonchev–Trinajstić information content (AvgIpc) is 3.53. The molecular formula is C24H20N2O4S2. The second-order valence-corrected chi connectivity index (χ2v) is 9.04. The summed E-state index contributed by atoms with van der Waals surface area (Å²) in [5.41, 5.74) is 3.48. The Morgan fingerprint density at radius 2 is 1.91 bits per heavy atom. The molecule has 1 unspecified atom stereocenters. The fourth-order valence-electron chi connectivity index (χ4n) is 3.79. The van der Waals surface area contributed by atoms with Crippen LogP contribution in [0.4, 0.5) is 0 Å². The first kappa shape index (κ1) is 20.8. The predicted octanol–water partition coefficient (Wildman–Crippen LogP) is 4.94. The maximum absolute atomic E-state index is 13.1. The number of esters is 1. The second-order valence-electron chi connectivity index (χ2n) is 7.48. The largest absolute Gasteiger partial charge is 0.494 e. The maximum Gasteiger partial charge on any atom is 0.342 e. The standard InChI is InChI=1S/C24H20N2O4S2/c1-2-11-29-17-8-6-16(7-9-17)24(28)19(14-18-4-3-12-31-18)22(23(27)30-24)15-5-10-20-21(13-15)26-32-25-20/h3-10,12-13,28H,2,11,14H2,1H3. The number of cyclic esters (lactones) is 1. The van der Waals surface area contributed by atoms with E-state index in [1.165, 1.54) is 0 Å². The van der Waals surface area contributed by atoms with Crippen LogP contribution in [0.5, 0.6) is 5.75 Å². The Morgan fingerprint density at radius 3 is 2.66 bits per heavy atom. The Kier molecular flexibility index (Phi) is 5.50. The molecule has 0 amide bonds. The van der Waals surface area contributed by atoms with Crippen LogP contribution < -0.4 is 4.74 Å². The van der Waals surface area contributed by atoms with E-state index in [0.29, 0.717) is 46.6 Å². The minimum absolute atomic E-state index is 0.363. The van der Waals surface area contributed by atoms with E-state index in [0.717, 1.165) is 28.5 Å². The highest BCUT2D eigenvalue weighted by Crippen LogP contribution is 2.45. The number of nitrogens with zero attached hydrogens (tertiary/aromatic N) is 2. The number of thiophene rings is 1. The predicted molar refractivity (Wildman–Crippen MR) is 125 cm³/mol. The molecule has 1 aliphatic heterocycles. The number of aliphatic hydroxyl groups is 1. The van der Waals surface area contributed by atoms with Gasteiger partial charge in [0.15, 0.2) is 0 Å². The summed E-state index contributed by atoms with van der Waals surface area (Å²) in [6.45, 7) is 2.65. The lowest BCUT2D eigenvalue weighted by molar-refractivity contribution is -0.185. The van der Waals surface area contributed by atoms with Crippen molar-refractivity contribution in [3.05, 3.63) is 81.6 Å². The van der Waals surface area contributed by atoms with Crippen LogP contribution in [0.2, 0.25) is 0 Å². The van der Waals surface area contributed by atoms with Gasteiger partial charge in [0.25, 0.3) is 5.79 Å². The number of carbonyl (C=O) groups is 1. The first-order valence-electron chi connectivity index (χ1n) is 10.3. The SMILES string of the molecule is CCCOc1ccc(C2(O)OC(=O)C(c3ccc4nsnc4c3)=C2Cc2cccs2)cc1. The van der Waals surface area contributed by atoms with Crippen molar-refractivity contribution in [3.63, 3.8) is 0 Å². The minimum Gasteiger partial charge on any atom is -0.494 e. The topological polar surface area (TPSA) is 81.5 Å². The van der Waals surface area contributed by atoms with Crippen molar-refractivity contribution in [3.8, 4) is 5.75 Å². The van der Waals surface area contributed by atoms with Crippen LogP contribution in [0.3, 0.4) is 0 Å². The molecule has 0 spiro atoms. The van der Waals surface area contributed by atoms with Gasteiger partial charge in [-0.15, -0.1) is 11.3 Å². The summed E-state index contributed by atoms with van der Waals surface area (Å²) in [5, 5.41) is 13.7. The summed E-state index contributed by atoms with van der Waals surface area (Å²) in [5.74, 6) is -1.73. The van der Waals surface area contributed by atoms with Crippen molar-refractivity contribution in [1.82, 2.24) is 8.75 Å². The van der Waals surface area contributed by atoms with Gasteiger partial charge in [0.05, 0.1) is 23.9 Å². The summed E-state index contributed by atoms with van der Waals surface area (Å²) in [6.07, 6.45) is 1.29. The van der Waals surface area contributed by atoms with Crippen molar-refractivity contribution in [2.75, 3.05) is 6.61 Å². The highest BCUT2D eigenvalue weighted by atomic mass is 32.1. The molecule has 4 aromatic rings. The van der Waals surface area contributed by atoms with Crippen LogP contribution in [0.15, 0.2) is 65.6 Å². The molecule has 0 bridgehead atoms. The van der Waals surface area contributed by atoms with E-state index in [-0.39, 0.29) is 0 Å². The Labute approximate surface area is 193 Å². The van der Waals surface area contributed by atoms with Crippen molar-refractivity contribution >= 4 is 45.6 Å². The molecule has 0 saturated heterocycles. The Balaban J connectivity index is 1.62. The van der Waals surface area contributed by atoms with Gasteiger partial charge in [-0.05, 0) is 59.8 Å². The molecule has 1 N–H and O–H groups in total. The van der Waals surface area contributed by atoms with E-state index in [1.807, 2.05) is 42.6 Å². The van der Waals surface area contributed by atoms with E-state index in [2.05, 4.69) is 8.75 Å². The number of carbonyl (C=O) groups excluding carboxylic acids is 1.